The molecule has 0 N–H and O–H groups in total. The first-order valence-electron chi connectivity index (χ1n) is 7.40. The summed E-state index contributed by atoms with van der Waals surface area (Å²) in [4.78, 5) is 27.4. The fourth-order valence-electron chi connectivity index (χ4n) is 2.48. The van der Waals surface area contributed by atoms with E-state index in [0.29, 0.717) is 6.61 Å². The smallest absolute Gasteiger partial charge is 0.242 e. The lowest BCUT2D eigenvalue weighted by atomic mass is 10.2. The Hall–Kier alpha value is -2.04. The molecule has 1 aromatic carbocycles. The van der Waals surface area contributed by atoms with Gasteiger partial charge in [0.2, 0.25) is 11.8 Å². The third kappa shape index (κ3) is 3.97. The molecular formula is C16H22N2O3. The topological polar surface area (TPSA) is 49.9 Å². The lowest BCUT2D eigenvalue weighted by Crippen LogP contribution is -2.41. The van der Waals surface area contributed by atoms with Crippen LogP contribution in [0.3, 0.4) is 0 Å². The molecular weight excluding hydrogens is 268 g/mol. The lowest BCUT2D eigenvalue weighted by Gasteiger charge is -2.24. The Labute approximate surface area is 125 Å². The Bertz CT molecular complexity index is 493. The van der Waals surface area contributed by atoms with Gasteiger partial charge in [-0.15, -0.1) is 0 Å². The van der Waals surface area contributed by atoms with Gasteiger partial charge in [-0.25, -0.2) is 0 Å². The van der Waals surface area contributed by atoms with Crippen LogP contribution in [0.4, 0.5) is 5.69 Å². The third-order valence-electron chi connectivity index (χ3n) is 3.59. The van der Waals surface area contributed by atoms with Crippen LogP contribution in [-0.4, -0.2) is 43.0 Å². The summed E-state index contributed by atoms with van der Waals surface area (Å²) in [6, 6.07) is 7.25. The number of anilines is 1. The molecule has 2 rings (SSSR count). The number of carbonyl (C=O) groups is 2. The SMILES string of the molecule is CCOc1ccc(N(CC(=O)N2CCCC2)C(C)=O)cc1. The van der Waals surface area contributed by atoms with Gasteiger partial charge in [0.25, 0.3) is 0 Å². The number of nitrogens with zero attached hydrogens (tertiary/aromatic N) is 2. The Kier molecular flexibility index (Phi) is 5.20. The fraction of sp³-hybridized carbons (Fsp3) is 0.500. The highest BCUT2D eigenvalue weighted by atomic mass is 16.5. The molecule has 114 valence electrons. The van der Waals surface area contributed by atoms with Crippen molar-refractivity contribution in [3.63, 3.8) is 0 Å². The molecule has 0 saturated carbocycles. The second-order valence-corrected chi connectivity index (χ2v) is 5.12. The van der Waals surface area contributed by atoms with E-state index in [-0.39, 0.29) is 18.4 Å². The predicted molar refractivity (Wildman–Crippen MR) is 81.5 cm³/mol. The zero-order chi connectivity index (χ0) is 15.2. The van der Waals surface area contributed by atoms with E-state index in [1.54, 1.807) is 0 Å². The molecule has 0 spiro atoms. The lowest BCUT2D eigenvalue weighted by molar-refractivity contribution is -0.130. The van der Waals surface area contributed by atoms with Gasteiger partial charge in [-0.05, 0) is 44.0 Å². The second-order valence-electron chi connectivity index (χ2n) is 5.12. The maximum Gasteiger partial charge on any atom is 0.242 e. The molecule has 1 aromatic rings. The maximum atomic E-state index is 12.2. The summed E-state index contributed by atoms with van der Waals surface area (Å²) in [7, 11) is 0. The Balaban J connectivity index is 2.07. The van der Waals surface area contributed by atoms with E-state index >= 15 is 0 Å². The summed E-state index contributed by atoms with van der Waals surface area (Å²) >= 11 is 0. The van der Waals surface area contributed by atoms with Gasteiger partial charge >= 0.3 is 0 Å². The Morgan fingerprint density at radius 1 is 1.19 bits per heavy atom. The maximum absolute atomic E-state index is 12.2. The van der Waals surface area contributed by atoms with Crippen LogP contribution < -0.4 is 9.64 Å². The molecule has 1 saturated heterocycles. The average molecular weight is 290 g/mol. The van der Waals surface area contributed by atoms with Gasteiger partial charge in [-0.1, -0.05) is 0 Å². The van der Waals surface area contributed by atoms with Crippen molar-refractivity contribution in [2.24, 2.45) is 0 Å². The van der Waals surface area contributed by atoms with Crippen LogP contribution in [-0.2, 0) is 9.59 Å². The van der Waals surface area contributed by atoms with E-state index in [9.17, 15) is 9.59 Å². The van der Waals surface area contributed by atoms with Crippen molar-refractivity contribution in [1.29, 1.82) is 0 Å². The van der Waals surface area contributed by atoms with Crippen molar-refractivity contribution in [2.45, 2.75) is 26.7 Å². The standard InChI is InChI=1S/C16H22N2O3/c1-3-21-15-8-6-14(7-9-15)18(13(2)19)12-16(20)17-10-4-5-11-17/h6-9H,3-5,10-12H2,1-2H3. The number of ether oxygens (including phenoxy) is 1. The minimum atomic E-state index is -0.133. The van der Waals surface area contributed by atoms with Gasteiger partial charge in [0.05, 0.1) is 6.61 Å². The van der Waals surface area contributed by atoms with E-state index in [0.717, 1.165) is 37.4 Å². The van der Waals surface area contributed by atoms with Crippen LogP contribution >= 0.6 is 0 Å². The zero-order valence-corrected chi connectivity index (χ0v) is 12.7. The number of amides is 2. The van der Waals surface area contributed by atoms with Crippen molar-refractivity contribution in [3.8, 4) is 5.75 Å². The highest BCUT2D eigenvalue weighted by molar-refractivity contribution is 5.97. The Morgan fingerprint density at radius 3 is 2.33 bits per heavy atom. The molecule has 1 aliphatic rings. The first-order valence-corrected chi connectivity index (χ1v) is 7.40. The Morgan fingerprint density at radius 2 is 1.81 bits per heavy atom. The van der Waals surface area contributed by atoms with Crippen molar-refractivity contribution in [1.82, 2.24) is 4.90 Å². The summed E-state index contributed by atoms with van der Waals surface area (Å²) in [6.07, 6.45) is 2.10. The molecule has 2 amide bonds. The van der Waals surface area contributed by atoms with E-state index in [4.69, 9.17) is 4.74 Å². The van der Waals surface area contributed by atoms with Crippen LogP contribution in [0, 0.1) is 0 Å². The number of carbonyl (C=O) groups excluding carboxylic acids is 2. The van der Waals surface area contributed by atoms with Crippen molar-refractivity contribution < 1.29 is 14.3 Å². The van der Waals surface area contributed by atoms with Crippen LogP contribution in [0.15, 0.2) is 24.3 Å². The summed E-state index contributed by atoms with van der Waals surface area (Å²) in [6.45, 7) is 5.70. The van der Waals surface area contributed by atoms with Gasteiger partial charge < -0.3 is 14.5 Å². The molecule has 1 aliphatic heterocycles. The van der Waals surface area contributed by atoms with Gasteiger partial charge in [0, 0.05) is 25.7 Å². The van der Waals surface area contributed by atoms with E-state index in [1.165, 1.54) is 11.8 Å². The summed E-state index contributed by atoms with van der Waals surface area (Å²) in [5.41, 5.74) is 0.721. The van der Waals surface area contributed by atoms with Crippen LogP contribution in [0.25, 0.3) is 0 Å². The summed E-state index contributed by atoms with van der Waals surface area (Å²) in [5, 5.41) is 0. The minimum absolute atomic E-state index is 0.0107. The van der Waals surface area contributed by atoms with Crippen molar-refractivity contribution in [2.75, 3.05) is 31.1 Å². The normalized spacial score (nSPS) is 14.1. The summed E-state index contributed by atoms with van der Waals surface area (Å²) < 4.78 is 5.38. The van der Waals surface area contributed by atoms with Gasteiger partial charge in [-0.3, -0.25) is 9.59 Å². The molecule has 1 fully saturated rings. The van der Waals surface area contributed by atoms with E-state index in [2.05, 4.69) is 0 Å². The minimum Gasteiger partial charge on any atom is -0.494 e. The highest BCUT2D eigenvalue weighted by Crippen LogP contribution is 2.20. The predicted octanol–water partition coefficient (Wildman–Crippen LogP) is 2.06. The molecule has 21 heavy (non-hydrogen) atoms. The highest BCUT2D eigenvalue weighted by Gasteiger charge is 2.22. The first kappa shape index (κ1) is 15.4. The van der Waals surface area contributed by atoms with E-state index < -0.39 is 0 Å². The fourth-order valence-corrected chi connectivity index (χ4v) is 2.48. The van der Waals surface area contributed by atoms with E-state index in [1.807, 2.05) is 36.1 Å². The van der Waals surface area contributed by atoms with Gasteiger partial charge in [0.15, 0.2) is 0 Å². The van der Waals surface area contributed by atoms with Gasteiger partial charge in [0.1, 0.15) is 12.3 Å². The number of benzene rings is 1. The first-order chi connectivity index (χ1) is 10.1. The molecule has 0 atom stereocenters. The number of likely N-dealkylation sites (tertiary alicyclic amines) is 1. The number of rotatable bonds is 5. The molecule has 5 nitrogen and oxygen atoms in total. The molecule has 0 aromatic heterocycles. The monoisotopic (exact) mass is 290 g/mol. The molecule has 0 bridgehead atoms. The molecule has 0 radical (unpaired) electrons. The number of hydrogen-bond donors (Lipinski definition) is 0. The molecule has 1 heterocycles. The van der Waals surface area contributed by atoms with Crippen LogP contribution in [0.2, 0.25) is 0 Å². The van der Waals surface area contributed by atoms with Crippen LogP contribution in [0.5, 0.6) is 5.75 Å². The summed E-state index contributed by atoms with van der Waals surface area (Å²) in [5.74, 6) is 0.638. The van der Waals surface area contributed by atoms with Gasteiger partial charge in [-0.2, -0.15) is 0 Å². The molecule has 5 heteroatoms. The third-order valence-corrected chi connectivity index (χ3v) is 3.59. The quantitative estimate of drug-likeness (QED) is 0.834. The van der Waals surface area contributed by atoms with Crippen LogP contribution in [0.1, 0.15) is 26.7 Å². The number of hydrogen-bond acceptors (Lipinski definition) is 3. The largest absolute Gasteiger partial charge is 0.494 e. The zero-order valence-electron chi connectivity index (χ0n) is 12.7. The molecule has 0 unspecified atom stereocenters. The van der Waals surface area contributed by atoms with Crippen molar-refractivity contribution >= 4 is 17.5 Å². The second kappa shape index (κ2) is 7.11. The molecule has 0 aliphatic carbocycles. The average Bonchev–Trinajstić information content (AvgIpc) is 3.00. The van der Waals surface area contributed by atoms with Crippen molar-refractivity contribution in [3.05, 3.63) is 24.3 Å².